The van der Waals surface area contributed by atoms with E-state index < -0.39 is 29.2 Å². The van der Waals surface area contributed by atoms with E-state index in [0.717, 1.165) is 55.6 Å². The zero-order chi connectivity index (χ0) is 45.9. The first-order chi connectivity index (χ1) is 33.0. The molecule has 0 saturated carbocycles. The van der Waals surface area contributed by atoms with Crippen LogP contribution in [0.25, 0.3) is 11.1 Å². The third kappa shape index (κ3) is 9.20. The smallest absolute Gasteiger partial charge is 0.407 e. The molecule has 0 heterocycles. The Balaban J connectivity index is 1.06. The summed E-state index contributed by atoms with van der Waals surface area (Å²) >= 11 is 0. The van der Waals surface area contributed by atoms with E-state index in [1.807, 2.05) is 146 Å². The minimum atomic E-state index is -1.20. The number of amides is 1. The lowest BCUT2D eigenvalue weighted by Gasteiger charge is -2.42. The maximum Gasteiger partial charge on any atom is 0.407 e. The van der Waals surface area contributed by atoms with Gasteiger partial charge < -0.3 is 25.8 Å². The highest BCUT2D eigenvalue weighted by Crippen LogP contribution is 2.45. The number of rotatable bonds is 16. The second kappa shape index (κ2) is 20.3. The lowest BCUT2D eigenvalue weighted by molar-refractivity contribution is -0.139. The summed E-state index contributed by atoms with van der Waals surface area (Å²) in [5, 5.41) is 21.1. The van der Waals surface area contributed by atoms with Gasteiger partial charge in [0, 0.05) is 12.5 Å². The van der Waals surface area contributed by atoms with Crippen molar-refractivity contribution in [3.63, 3.8) is 0 Å². The molecular formula is C59H52N4O4. The first-order valence-corrected chi connectivity index (χ1v) is 22.8. The zero-order valence-corrected chi connectivity index (χ0v) is 37.0. The molecule has 8 heteroatoms. The Labute approximate surface area is 392 Å². The van der Waals surface area contributed by atoms with Crippen LogP contribution in [-0.2, 0) is 20.6 Å². The highest BCUT2D eigenvalue weighted by molar-refractivity contribution is 5.85. The van der Waals surface area contributed by atoms with Crippen LogP contribution in [0.5, 0.6) is 0 Å². The average molecular weight is 881 g/mol. The maximum atomic E-state index is 13.4. The van der Waals surface area contributed by atoms with Crippen LogP contribution >= 0.6 is 0 Å². The van der Waals surface area contributed by atoms with E-state index in [-0.39, 0.29) is 25.5 Å². The molecule has 67 heavy (non-hydrogen) atoms. The van der Waals surface area contributed by atoms with Crippen LogP contribution in [0, 0.1) is 0 Å². The summed E-state index contributed by atoms with van der Waals surface area (Å²) in [6.07, 6.45) is -0.338. The van der Waals surface area contributed by atoms with Crippen LogP contribution in [0.15, 0.2) is 236 Å². The van der Waals surface area contributed by atoms with Gasteiger partial charge >= 0.3 is 12.1 Å². The van der Waals surface area contributed by atoms with Gasteiger partial charge in [0.05, 0.1) is 0 Å². The molecule has 9 rings (SSSR count). The lowest BCUT2D eigenvalue weighted by Crippen LogP contribution is -2.58. The van der Waals surface area contributed by atoms with Crippen LogP contribution in [0.1, 0.15) is 63.3 Å². The molecule has 332 valence electrons. The molecule has 1 aliphatic carbocycles. The number of carbonyl (C=O) groups excluding carboxylic acids is 1. The quantitative estimate of drug-likeness (QED) is 0.0333. The van der Waals surface area contributed by atoms with Gasteiger partial charge in [-0.15, -0.1) is 0 Å². The Morgan fingerprint density at radius 1 is 0.493 bits per heavy atom. The standard InChI is InChI=1S/C59H52N4O4/c64-55(65)54(61-57(66)67-42-53-51-38-21-19-36-49(51)50-37-20-22-39-52(50)53)40-23-41-60-56(62-58(43-24-7-1-8-25-43,44-26-9-2-10-27-44)45-28-11-3-12-29-45)63-59(46-30-13-4-14-31-46,47-32-15-5-16-33-47)48-34-17-6-18-35-48/h1-22,24-39,53-54H,23,40-42H2,(H,61,66)(H,64,65)(H2,60,62,63). The molecule has 0 spiro atoms. The van der Waals surface area contributed by atoms with E-state index in [1.165, 1.54) is 0 Å². The van der Waals surface area contributed by atoms with E-state index in [2.05, 4.69) is 101 Å². The van der Waals surface area contributed by atoms with Crippen molar-refractivity contribution in [2.24, 2.45) is 4.99 Å². The SMILES string of the molecule is O=C(NC(CCCN=C(NC(c1ccccc1)(c1ccccc1)c1ccccc1)NC(c1ccccc1)(c1ccccc1)c1ccccc1)C(=O)O)OCC1c2ccccc2-c2ccccc21. The number of hydrogen-bond donors (Lipinski definition) is 4. The number of carboxylic acids is 1. The van der Waals surface area contributed by atoms with Crippen molar-refractivity contribution < 1.29 is 19.4 Å². The predicted molar refractivity (Wildman–Crippen MR) is 266 cm³/mol. The number of benzene rings is 8. The van der Waals surface area contributed by atoms with Gasteiger partial charge in [-0.2, -0.15) is 0 Å². The van der Waals surface area contributed by atoms with Gasteiger partial charge in [0.2, 0.25) is 0 Å². The van der Waals surface area contributed by atoms with E-state index in [9.17, 15) is 14.7 Å². The number of fused-ring (bicyclic) bond motifs is 3. The number of aliphatic carboxylic acids is 1. The van der Waals surface area contributed by atoms with Crippen LogP contribution in [0.3, 0.4) is 0 Å². The van der Waals surface area contributed by atoms with E-state index in [0.29, 0.717) is 12.4 Å². The minimum absolute atomic E-state index is 0.0785. The van der Waals surface area contributed by atoms with Crippen molar-refractivity contribution >= 4 is 18.0 Å². The monoisotopic (exact) mass is 880 g/mol. The molecule has 1 unspecified atom stereocenters. The Bertz CT molecular complexity index is 2550. The summed E-state index contributed by atoms with van der Waals surface area (Å²) in [6.45, 7) is 0.295. The summed E-state index contributed by atoms with van der Waals surface area (Å²) in [7, 11) is 0. The van der Waals surface area contributed by atoms with Crippen molar-refractivity contribution in [3.8, 4) is 11.1 Å². The fraction of sp³-hybridized carbons (Fsp3) is 0.136. The number of aliphatic imine (C=N–C) groups is 1. The highest BCUT2D eigenvalue weighted by Gasteiger charge is 2.42. The lowest BCUT2D eigenvalue weighted by atomic mass is 9.76. The third-order valence-corrected chi connectivity index (χ3v) is 12.7. The van der Waals surface area contributed by atoms with Gasteiger partial charge in [-0.3, -0.25) is 4.99 Å². The molecule has 0 fully saturated rings. The molecule has 1 amide bonds. The first-order valence-electron chi connectivity index (χ1n) is 22.8. The second-order valence-electron chi connectivity index (χ2n) is 16.7. The van der Waals surface area contributed by atoms with Crippen LogP contribution in [0.4, 0.5) is 4.79 Å². The van der Waals surface area contributed by atoms with E-state index in [4.69, 9.17) is 9.73 Å². The molecule has 8 aromatic rings. The number of hydrogen-bond acceptors (Lipinski definition) is 4. The largest absolute Gasteiger partial charge is 0.480 e. The molecule has 8 aromatic carbocycles. The zero-order valence-electron chi connectivity index (χ0n) is 37.0. The summed E-state index contributed by atoms with van der Waals surface area (Å²) in [5.74, 6) is -0.829. The van der Waals surface area contributed by atoms with Gasteiger partial charge in [-0.1, -0.05) is 231 Å². The Kier molecular flexibility index (Phi) is 13.3. The van der Waals surface area contributed by atoms with E-state index >= 15 is 0 Å². The van der Waals surface area contributed by atoms with Crippen molar-refractivity contribution in [3.05, 3.63) is 275 Å². The number of nitrogens with one attached hydrogen (secondary N) is 3. The summed E-state index contributed by atoms with van der Waals surface area (Å²) in [4.78, 5) is 31.4. The van der Waals surface area contributed by atoms with Gasteiger partial charge in [0.1, 0.15) is 23.7 Å². The molecule has 1 atom stereocenters. The topological polar surface area (TPSA) is 112 Å². The molecule has 0 aliphatic heterocycles. The molecular weight excluding hydrogens is 829 g/mol. The van der Waals surface area contributed by atoms with E-state index in [1.54, 1.807) is 0 Å². The van der Waals surface area contributed by atoms with Crippen molar-refractivity contribution in [2.75, 3.05) is 13.2 Å². The predicted octanol–water partition coefficient (Wildman–Crippen LogP) is 11.3. The summed E-state index contributed by atoms with van der Waals surface area (Å²) in [6, 6.07) is 77.0. The first kappa shape index (κ1) is 44.0. The number of guanidine groups is 1. The van der Waals surface area contributed by atoms with Gasteiger partial charge in [-0.25, -0.2) is 9.59 Å². The van der Waals surface area contributed by atoms with Gasteiger partial charge in [0.15, 0.2) is 5.96 Å². The number of nitrogens with zero attached hydrogens (tertiary/aromatic N) is 1. The second-order valence-corrected chi connectivity index (χ2v) is 16.7. The van der Waals surface area contributed by atoms with Gasteiger partial charge in [-0.05, 0) is 68.5 Å². The maximum absolute atomic E-state index is 13.4. The Morgan fingerprint density at radius 3 is 1.16 bits per heavy atom. The Morgan fingerprint density at radius 2 is 0.821 bits per heavy atom. The molecule has 0 bridgehead atoms. The molecule has 4 N–H and O–H groups in total. The van der Waals surface area contributed by atoms with Gasteiger partial charge in [0.25, 0.3) is 0 Å². The van der Waals surface area contributed by atoms with Crippen molar-refractivity contribution in [2.45, 2.75) is 35.9 Å². The number of carboxylic acid groups (broad SMARTS) is 1. The Hall–Kier alpha value is -8.23. The molecule has 0 aromatic heterocycles. The third-order valence-electron chi connectivity index (χ3n) is 12.7. The fourth-order valence-electron chi connectivity index (χ4n) is 9.55. The number of carbonyl (C=O) groups is 2. The summed E-state index contributed by atoms with van der Waals surface area (Å²) in [5.41, 5.74) is 8.41. The van der Waals surface area contributed by atoms with Crippen molar-refractivity contribution in [1.29, 1.82) is 0 Å². The molecule has 8 nitrogen and oxygen atoms in total. The molecule has 0 saturated heterocycles. The van der Waals surface area contributed by atoms with Crippen LogP contribution < -0.4 is 16.0 Å². The molecule has 1 aliphatic rings. The summed E-state index contributed by atoms with van der Waals surface area (Å²) < 4.78 is 5.77. The normalized spacial score (nSPS) is 12.5. The van der Waals surface area contributed by atoms with Crippen LogP contribution in [-0.4, -0.2) is 42.3 Å². The number of ether oxygens (including phenoxy) is 1. The number of alkyl carbamates (subject to hydrolysis) is 1. The average Bonchev–Trinajstić information content (AvgIpc) is 3.72. The molecule has 0 radical (unpaired) electrons. The van der Waals surface area contributed by atoms with Crippen molar-refractivity contribution in [1.82, 2.24) is 16.0 Å². The highest BCUT2D eigenvalue weighted by atomic mass is 16.5. The minimum Gasteiger partial charge on any atom is -0.480 e. The van der Waals surface area contributed by atoms with Crippen LogP contribution in [0.2, 0.25) is 0 Å². The fourth-order valence-corrected chi connectivity index (χ4v) is 9.55.